The third-order valence-corrected chi connectivity index (χ3v) is 4.69. The Morgan fingerprint density at radius 1 is 1.40 bits per heavy atom. The van der Waals surface area contributed by atoms with Crippen LogP contribution in [0.1, 0.15) is 29.8 Å². The van der Waals surface area contributed by atoms with Crippen molar-refractivity contribution in [3.63, 3.8) is 0 Å². The number of ether oxygens (including phenoxy) is 1. The van der Waals surface area contributed by atoms with Crippen LogP contribution in [0, 0.1) is 13.8 Å². The fourth-order valence-corrected chi connectivity index (χ4v) is 3.14. The zero-order valence-electron chi connectivity index (χ0n) is 14.6. The quantitative estimate of drug-likeness (QED) is 0.875. The number of carbonyl (C=O) groups is 1. The maximum absolute atomic E-state index is 12.6. The first-order valence-electron chi connectivity index (χ1n) is 8.57. The highest BCUT2D eigenvalue weighted by Gasteiger charge is 2.28. The number of H-pyrrole nitrogens is 1. The van der Waals surface area contributed by atoms with Crippen molar-refractivity contribution < 1.29 is 14.6 Å². The fraction of sp³-hybridized carbons (Fsp3) is 0.500. The first-order valence-corrected chi connectivity index (χ1v) is 8.57. The summed E-state index contributed by atoms with van der Waals surface area (Å²) in [6.07, 6.45) is 3.79. The number of aliphatic hydroxyl groups excluding tert-OH is 1. The van der Waals surface area contributed by atoms with E-state index >= 15 is 0 Å². The van der Waals surface area contributed by atoms with Gasteiger partial charge in [-0.05, 0) is 32.4 Å². The molecule has 0 radical (unpaired) electrons. The van der Waals surface area contributed by atoms with Gasteiger partial charge in [0.25, 0.3) is 0 Å². The van der Waals surface area contributed by atoms with Crippen LogP contribution in [0.5, 0.6) is 5.75 Å². The molecule has 1 aliphatic rings. The average molecular weight is 344 g/mol. The van der Waals surface area contributed by atoms with Crippen molar-refractivity contribution >= 4 is 5.91 Å². The molecule has 2 aromatic rings. The summed E-state index contributed by atoms with van der Waals surface area (Å²) in [5, 5.41) is 17.4. The van der Waals surface area contributed by atoms with E-state index < -0.39 is 6.10 Å². The average Bonchev–Trinajstić information content (AvgIpc) is 2.81. The van der Waals surface area contributed by atoms with Gasteiger partial charge in [0.15, 0.2) is 0 Å². The molecule has 1 amide bonds. The second-order valence-electron chi connectivity index (χ2n) is 6.46. The van der Waals surface area contributed by atoms with Gasteiger partial charge in [0.2, 0.25) is 5.91 Å². The third kappa shape index (κ3) is 4.17. The highest BCUT2D eigenvalue weighted by molar-refractivity contribution is 5.79. The standard InChI is InChI=1S/C18H24N4O3/c1-12-15(13(2)21-20-12)10-18(24)22-8-5-16(23)17(6-9-22)25-14-4-3-7-19-11-14/h3-4,7,11,16-17,23H,5-6,8-10H2,1-2H3,(H,20,21)/t16-,17-/m0/s1. The Morgan fingerprint density at radius 2 is 2.20 bits per heavy atom. The van der Waals surface area contributed by atoms with Crippen molar-refractivity contribution in [2.24, 2.45) is 0 Å². The van der Waals surface area contributed by atoms with Gasteiger partial charge in [-0.15, -0.1) is 0 Å². The van der Waals surface area contributed by atoms with Gasteiger partial charge in [-0.2, -0.15) is 5.10 Å². The molecule has 0 unspecified atom stereocenters. The molecule has 0 aromatic carbocycles. The molecule has 0 saturated carbocycles. The molecule has 7 nitrogen and oxygen atoms in total. The summed E-state index contributed by atoms with van der Waals surface area (Å²) >= 11 is 0. The molecule has 3 heterocycles. The van der Waals surface area contributed by atoms with Crippen molar-refractivity contribution in [1.82, 2.24) is 20.1 Å². The number of likely N-dealkylation sites (tertiary alicyclic amines) is 1. The summed E-state index contributed by atoms with van der Waals surface area (Å²) in [5.41, 5.74) is 2.75. The monoisotopic (exact) mass is 344 g/mol. The predicted octanol–water partition coefficient (Wildman–Crippen LogP) is 1.39. The van der Waals surface area contributed by atoms with E-state index in [4.69, 9.17) is 4.74 Å². The molecule has 134 valence electrons. The lowest BCUT2D eigenvalue weighted by molar-refractivity contribution is -0.130. The highest BCUT2D eigenvalue weighted by Crippen LogP contribution is 2.20. The lowest BCUT2D eigenvalue weighted by Gasteiger charge is -2.21. The normalized spacial score (nSPS) is 21.0. The smallest absolute Gasteiger partial charge is 0.227 e. The molecule has 1 aliphatic heterocycles. The van der Waals surface area contributed by atoms with E-state index in [1.165, 1.54) is 0 Å². The van der Waals surface area contributed by atoms with Crippen molar-refractivity contribution in [3.8, 4) is 5.75 Å². The molecule has 7 heteroatoms. The minimum absolute atomic E-state index is 0.0572. The summed E-state index contributed by atoms with van der Waals surface area (Å²) in [7, 11) is 0. The molecule has 2 aromatic heterocycles. The number of aliphatic hydroxyl groups is 1. The summed E-state index contributed by atoms with van der Waals surface area (Å²) in [5.74, 6) is 0.692. The second kappa shape index (κ2) is 7.65. The van der Waals surface area contributed by atoms with Crippen LogP contribution in [0.25, 0.3) is 0 Å². The first kappa shape index (κ1) is 17.4. The molecule has 3 rings (SSSR count). The number of nitrogens with zero attached hydrogens (tertiary/aromatic N) is 3. The maximum Gasteiger partial charge on any atom is 0.227 e. The van der Waals surface area contributed by atoms with Crippen LogP contribution in [-0.2, 0) is 11.2 Å². The van der Waals surface area contributed by atoms with E-state index in [-0.39, 0.29) is 12.0 Å². The number of rotatable bonds is 4. The SMILES string of the molecule is Cc1n[nH]c(C)c1CC(=O)N1CC[C@H](Oc2cccnc2)[C@@H](O)CC1. The number of nitrogens with one attached hydrogen (secondary N) is 1. The first-order chi connectivity index (χ1) is 12.0. The van der Waals surface area contributed by atoms with Gasteiger partial charge in [-0.25, -0.2) is 0 Å². The molecule has 0 spiro atoms. The second-order valence-corrected chi connectivity index (χ2v) is 6.46. The molecule has 0 aliphatic carbocycles. The molecule has 1 fully saturated rings. The molecule has 2 N–H and O–H groups in total. The van der Waals surface area contributed by atoms with Crippen molar-refractivity contribution in [2.75, 3.05) is 13.1 Å². The minimum Gasteiger partial charge on any atom is -0.486 e. The number of carbonyl (C=O) groups excluding carboxylic acids is 1. The van der Waals surface area contributed by atoms with Crippen LogP contribution in [-0.4, -0.2) is 56.4 Å². The zero-order chi connectivity index (χ0) is 17.8. The van der Waals surface area contributed by atoms with Gasteiger partial charge in [0.05, 0.1) is 24.4 Å². The van der Waals surface area contributed by atoms with Gasteiger partial charge in [-0.3, -0.25) is 14.9 Å². The van der Waals surface area contributed by atoms with Crippen molar-refractivity contribution in [2.45, 2.75) is 45.3 Å². The van der Waals surface area contributed by atoms with E-state index in [1.807, 2.05) is 24.8 Å². The number of aromatic nitrogens is 3. The number of hydrogen-bond acceptors (Lipinski definition) is 5. The van der Waals surface area contributed by atoms with E-state index in [1.54, 1.807) is 18.5 Å². The van der Waals surface area contributed by atoms with Crippen molar-refractivity contribution in [3.05, 3.63) is 41.5 Å². The Kier molecular flexibility index (Phi) is 5.33. The summed E-state index contributed by atoms with van der Waals surface area (Å²) in [4.78, 5) is 18.5. The largest absolute Gasteiger partial charge is 0.486 e. The van der Waals surface area contributed by atoms with Gasteiger partial charge >= 0.3 is 0 Å². The van der Waals surface area contributed by atoms with Gasteiger partial charge < -0.3 is 14.7 Å². The van der Waals surface area contributed by atoms with E-state index in [2.05, 4.69) is 15.2 Å². The van der Waals surface area contributed by atoms with Crippen LogP contribution < -0.4 is 4.74 Å². The molecular formula is C18H24N4O3. The zero-order valence-corrected chi connectivity index (χ0v) is 14.6. The Morgan fingerprint density at radius 3 is 2.88 bits per heavy atom. The lowest BCUT2D eigenvalue weighted by Crippen LogP contribution is -2.34. The Balaban J connectivity index is 1.61. The maximum atomic E-state index is 12.6. The van der Waals surface area contributed by atoms with Gasteiger partial charge in [0.1, 0.15) is 11.9 Å². The van der Waals surface area contributed by atoms with Gasteiger partial charge in [-0.1, -0.05) is 0 Å². The lowest BCUT2D eigenvalue weighted by atomic mass is 10.1. The number of amides is 1. The van der Waals surface area contributed by atoms with Crippen molar-refractivity contribution in [1.29, 1.82) is 0 Å². The summed E-state index contributed by atoms with van der Waals surface area (Å²) in [6, 6.07) is 3.61. The van der Waals surface area contributed by atoms with E-state index in [0.717, 1.165) is 17.0 Å². The van der Waals surface area contributed by atoms with Crippen LogP contribution in [0.15, 0.2) is 24.5 Å². The van der Waals surface area contributed by atoms with Crippen LogP contribution >= 0.6 is 0 Å². The molecule has 25 heavy (non-hydrogen) atoms. The van der Waals surface area contributed by atoms with E-state index in [0.29, 0.717) is 38.1 Å². The summed E-state index contributed by atoms with van der Waals surface area (Å²) in [6.45, 7) is 4.92. The topological polar surface area (TPSA) is 91.3 Å². The third-order valence-electron chi connectivity index (χ3n) is 4.69. The number of aromatic amines is 1. The van der Waals surface area contributed by atoms with Crippen LogP contribution in [0.3, 0.4) is 0 Å². The Labute approximate surface area is 147 Å². The Bertz CT molecular complexity index is 697. The predicted molar refractivity (Wildman–Crippen MR) is 92.2 cm³/mol. The highest BCUT2D eigenvalue weighted by atomic mass is 16.5. The minimum atomic E-state index is -0.601. The van der Waals surface area contributed by atoms with Crippen LogP contribution in [0.4, 0.5) is 0 Å². The van der Waals surface area contributed by atoms with E-state index in [9.17, 15) is 9.90 Å². The molecule has 0 bridgehead atoms. The molecule has 1 saturated heterocycles. The van der Waals surface area contributed by atoms with Crippen LogP contribution in [0.2, 0.25) is 0 Å². The molecule has 2 atom stereocenters. The number of hydrogen-bond donors (Lipinski definition) is 2. The Hall–Kier alpha value is -2.41. The molecular weight excluding hydrogens is 320 g/mol. The number of aryl methyl sites for hydroxylation is 2. The summed E-state index contributed by atoms with van der Waals surface area (Å²) < 4.78 is 5.85. The fourth-order valence-electron chi connectivity index (χ4n) is 3.14. The van der Waals surface area contributed by atoms with Gasteiger partial charge in [0, 0.05) is 37.0 Å². The number of pyridine rings is 1.